The third-order valence-electron chi connectivity index (χ3n) is 5.79. The van der Waals surface area contributed by atoms with E-state index < -0.39 is 6.04 Å². The normalized spacial score (nSPS) is 21.4. The molecule has 1 saturated carbocycles. The van der Waals surface area contributed by atoms with Crippen LogP contribution in [0.15, 0.2) is 29.1 Å². The highest BCUT2D eigenvalue weighted by Gasteiger charge is 2.27. The van der Waals surface area contributed by atoms with Gasteiger partial charge in [0.25, 0.3) is 5.56 Å². The van der Waals surface area contributed by atoms with Crippen LogP contribution in [0, 0.1) is 12.8 Å². The largest absolute Gasteiger partial charge is 0.351 e. The van der Waals surface area contributed by atoms with Crippen molar-refractivity contribution in [1.82, 2.24) is 15.1 Å². The summed E-state index contributed by atoms with van der Waals surface area (Å²) in [7, 11) is 0. The highest BCUT2D eigenvalue weighted by molar-refractivity contribution is 7.26. The molecular formula is C21H25N3O2S. The monoisotopic (exact) mass is 383 g/mol. The number of aromatic nitrogens is 2. The fourth-order valence-corrected chi connectivity index (χ4v) is 5.22. The Labute approximate surface area is 162 Å². The van der Waals surface area contributed by atoms with E-state index in [9.17, 15) is 9.59 Å². The average molecular weight is 384 g/mol. The lowest BCUT2D eigenvalue weighted by Gasteiger charge is -2.30. The molecular weight excluding hydrogens is 358 g/mol. The molecule has 1 aromatic carbocycles. The minimum absolute atomic E-state index is 0.123. The number of carbonyl (C=O) groups is 1. The Bertz CT molecular complexity index is 1070. The van der Waals surface area contributed by atoms with Crippen LogP contribution >= 0.6 is 11.3 Å². The van der Waals surface area contributed by atoms with Crippen molar-refractivity contribution in [3.8, 4) is 0 Å². The van der Waals surface area contributed by atoms with Gasteiger partial charge in [-0.1, -0.05) is 38.0 Å². The van der Waals surface area contributed by atoms with Crippen molar-refractivity contribution in [1.29, 1.82) is 0 Å². The van der Waals surface area contributed by atoms with E-state index in [0.717, 1.165) is 39.7 Å². The molecule has 0 aliphatic heterocycles. The van der Waals surface area contributed by atoms with Gasteiger partial charge >= 0.3 is 0 Å². The number of thiophene rings is 1. The van der Waals surface area contributed by atoms with E-state index in [-0.39, 0.29) is 17.5 Å². The van der Waals surface area contributed by atoms with Gasteiger partial charge in [0.05, 0.1) is 15.8 Å². The summed E-state index contributed by atoms with van der Waals surface area (Å²) in [6.07, 6.45) is 4.53. The Hall–Kier alpha value is -2.21. The number of benzene rings is 1. The predicted octanol–water partition coefficient (Wildman–Crippen LogP) is 4.18. The zero-order chi connectivity index (χ0) is 19.1. The van der Waals surface area contributed by atoms with Gasteiger partial charge in [-0.15, -0.1) is 11.3 Å². The van der Waals surface area contributed by atoms with E-state index in [4.69, 9.17) is 0 Å². The summed E-state index contributed by atoms with van der Waals surface area (Å²) in [6.45, 7) is 5.85. The molecule has 0 bridgehead atoms. The molecule has 1 N–H and O–H groups in total. The Morgan fingerprint density at radius 2 is 2.04 bits per heavy atom. The quantitative estimate of drug-likeness (QED) is 0.738. The van der Waals surface area contributed by atoms with Gasteiger partial charge in [0.1, 0.15) is 6.04 Å². The molecule has 0 saturated heterocycles. The number of hydrogen-bond acceptors (Lipinski definition) is 4. The second-order valence-electron chi connectivity index (χ2n) is 7.69. The van der Waals surface area contributed by atoms with Crippen LogP contribution < -0.4 is 10.9 Å². The lowest BCUT2D eigenvalue weighted by atomic mass is 9.86. The Balaban J connectivity index is 1.72. The third-order valence-corrected chi connectivity index (χ3v) is 7.07. The summed E-state index contributed by atoms with van der Waals surface area (Å²) < 4.78 is 3.34. The minimum Gasteiger partial charge on any atom is -0.351 e. The van der Waals surface area contributed by atoms with E-state index in [1.807, 2.05) is 31.2 Å². The summed E-state index contributed by atoms with van der Waals surface area (Å²) >= 11 is 1.58. The first-order chi connectivity index (χ1) is 13.0. The molecule has 1 aliphatic carbocycles. The first kappa shape index (κ1) is 18.2. The number of hydrogen-bond donors (Lipinski definition) is 1. The van der Waals surface area contributed by atoms with Crippen LogP contribution in [-0.4, -0.2) is 21.7 Å². The zero-order valence-corrected chi connectivity index (χ0v) is 16.8. The zero-order valence-electron chi connectivity index (χ0n) is 16.0. The van der Waals surface area contributed by atoms with Crippen molar-refractivity contribution in [3.05, 3.63) is 40.3 Å². The molecule has 0 radical (unpaired) electrons. The third kappa shape index (κ3) is 3.16. The van der Waals surface area contributed by atoms with Crippen LogP contribution in [0.2, 0.25) is 0 Å². The van der Waals surface area contributed by atoms with Gasteiger partial charge in [0.15, 0.2) is 0 Å². The molecule has 2 heterocycles. The van der Waals surface area contributed by atoms with Gasteiger partial charge in [-0.25, -0.2) is 4.68 Å². The second kappa shape index (κ2) is 7.08. The van der Waals surface area contributed by atoms with Gasteiger partial charge in [0.2, 0.25) is 5.91 Å². The lowest BCUT2D eigenvalue weighted by molar-refractivity contribution is -0.125. The summed E-state index contributed by atoms with van der Waals surface area (Å²) in [5, 5.41) is 9.25. The van der Waals surface area contributed by atoms with Crippen LogP contribution in [0.1, 0.15) is 51.3 Å². The maximum Gasteiger partial charge on any atom is 0.276 e. The predicted molar refractivity (Wildman–Crippen MR) is 110 cm³/mol. The van der Waals surface area contributed by atoms with Crippen molar-refractivity contribution < 1.29 is 4.79 Å². The molecule has 3 atom stereocenters. The summed E-state index contributed by atoms with van der Waals surface area (Å²) in [5.41, 5.74) is 0.601. The van der Waals surface area contributed by atoms with Gasteiger partial charge in [-0.2, -0.15) is 5.10 Å². The second-order valence-corrected chi connectivity index (χ2v) is 8.74. The molecule has 0 unspecified atom stereocenters. The van der Waals surface area contributed by atoms with Crippen molar-refractivity contribution in [2.45, 2.75) is 58.5 Å². The van der Waals surface area contributed by atoms with Gasteiger partial charge in [-0.05, 0) is 38.7 Å². The molecule has 142 valence electrons. The molecule has 27 heavy (non-hydrogen) atoms. The molecule has 3 aromatic rings. The van der Waals surface area contributed by atoms with Gasteiger partial charge in [-0.3, -0.25) is 9.59 Å². The van der Waals surface area contributed by atoms with Crippen LogP contribution in [0.3, 0.4) is 0 Å². The first-order valence-corrected chi connectivity index (χ1v) is 10.5. The maximum absolute atomic E-state index is 13.2. The fourth-order valence-electron chi connectivity index (χ4n) is 4.09. The van der Waals surface area contributed by atoms with E-state index in [2.05, 4.69) is 17.3 Å². The molecule has 0 spiro atoms. The highest BCUT2D eigenvalue weighted by atomic mass is 32.1. The van der Waals surface area contributed by atoms with E-state index in [1.54, 1.807) is 18.3 Å². The molecule has 2 aromatic heterocycles. The Morgan fingerprint density at radius 1 is 1.30 bits per heavy atom. The number of amides is 1. The number of aryl methyl sites for hydroxylation is 1. The number of rotatable bonds is 3. The minimum atomic E-state index is -0.631. The van der Waals surface area contributed by atoms with Gasteiger partial charge < -0.3 is 5.32 Å². The molecule has 1 fully saturated rings. The topological polar surface area (TPSA) is 64.0 Å². The summed E-state index contributed by atoms with van der Waals surface area (Å²) in [5.74, 6) is 0.353. The molecule has 1 aliphatic rings. The van der Waals surface area contributed by atoms with Crippen molar-refractivity contribution in [2.75, 3.05) is 0 Å². The Kier molecular flexibility index (Phi) is 4.76. The fraction of sp³-hybridized carbons (Fsp3) is 0.476. The number of nitrogens with zero attached hydrogens (tertiary/aromatic N) is 2. The van der Waals surface area contributed by atoms with Crippen LogP contribution in [0.5, 0.6) is 0 Å². The molecule has 6 heteroatoms. The highest BCUT2D eigenvalue weighted by Crippen LogP contribution is 2.33. The number of fused-ring (bicyclic) bond motifs is 3. The van der Waals surface area contributed by atoms with E-state index >= 15 is 0 Å². The van der Waals surface area contributed by atoms with Crippen molar-refractivity contribution >= 4 is 37.4 Å². The summed E-state index contributed by atoms with van der Waals surface area (Å²) in [4.78, 5) is 26.0. The SMILES string of the molecule is Cc1nn([C@H](C)C(=O)N[C@@H]2CCCC[C@H]2C)c(=O)c2c1sc1ccccc12. The van der Waals surface area contributed by atoms with Crippen molar-refractivity contribution in [2.24, 2.45) is 5.92 Å². The maximum atomic E-state index is 13.2. The average Bonchev–Trinajstić information content (AvgIpc) is 3.06. The lowest BCUT2D eigenvalue weighted by Crippen LogP contribution is -2.45. The number of carbonyl (C=O) groups excluding carboxylic acids is 1. The number of nitrogens with one attached hydrogen (secondary N) is 1. The first-order valence-electron chi connectivity index (χ1n) is 9.68. The smallest absolute Gasteiger partial charge is 0.276 e. The van der Waals surface area contributed by atoms with Crippen LogP contribution in [-0.2, 0) is 4.79 Å². The molecule has 4 rings (SSSR count). The van der Waals surface area contributed by atoms with E-state index in [1.165, 1.54) is 11.1 Å². The van der Waals surface area contributed by atoms with Crippen LogP contribution in [0.4, 0.5) is 0 Å². The Morgan fingerprint density at radius 3 is 2.81 bits per heavy atom. The standard InChI is InChI=1S/C21H25N3O2S/c1-12-8-4-6-10-16(12)22-20(25)14(3)24-21(26)18-15-9-5-7-11-17(15)27-19(18)13(2)23-24/h5,7,9,11-12,14,16H,4,6,8,10H2,1-3H3,(H,22,25)/t12-,14-,16-/m1/s1. The van der Waals surface area contributed by atoms with Crippen molar-refractivity contribution in [3.63, 3.8) is 0 Å². The summed E-state index contributed by atoms with van der Waals surface area (Å²) in [6, 6.07) is 7.46. The van der Waals surface area contributed by atoms with Crippen LogP contribution in [0.25, 0.3) is 20.2 Å². The van der Waals surface area contributed by atoms with E-state index in [0.29, 0.717) is 11.3 Å². The molecule has 5 nitrogen and oxygen atoms in total. The molecule has 1 amide bonds. The van der Waals surface area contributed by atoms with Gasteiger partial charge in [0, 0.05) is 16.1 Å².